The Morgan fingerprint density at radius 3 is 2.47 bits per heavy atom. The second-order valence-electron chi connectivity index (χ2n) is 12.6. The van der Waals surface area contributed by atoms with Crippen molar-refractivity contribution in [3.8, 4) is 0 Å². The molecule has 0 saturated heterocycles. The van der Waals surface area contributed by atoms with E-state index < -0.39 is 0 Å². The van der Waals surface area contributed by atoms with Crippen molar-refractivity contribution < 1.29 is 0 Å². The van der Waals surface area contributed by atoms with Crippen LogP contribution in [0.5, 0.6) is 0 Å². The van der Waals surface area contributed by atoms with Gasteiger partial charge >= 0.3 is 0 Å². The van der Waals surface area contributed by atoms with E-state index in [9.17, 15) is 0 Å². The molecule has 2 aliphatic heterocycles. The summed E-state index contributed by atoms with van der Waals surface area (Å²) < 4.78 is 4.82. The van der Waals surface area contributed by atoms with Crippen LogP contribution in [-0.2, 0) is 0 Å². The summed E-state index contributed by atoms with van der Waals surface area (Å²) in [6.07, 6.45) is 14.7. The predicted molar refractivity (Wildman–Crippen MR) is 213 cm³/mol. The van der Waals surface area contributed by atoms with Crippen LogP contribution in [0, 0.1) is 0 Å². The van der Waals surface area contributed by atoms with Gasteiger partial charge in [0.05, 0.1) is 28.1 Å². The fourth-order valence-electron chi connectivity index (χ4n) is 7.34. The van der Waals surface area contributed by atoms with E-state index in [1.807, 2.05) is 17.5 Å². The van der Waals surface area contributed by atoms with E-state index >= 15 is 0 Å². The minimum atomic E-state index is 0.0947. The number of anilines is 3. The number of nitrogens with one attached hydrogen (secondary N) is 2. The lowest BCUT2D eigenvalue weighted by atomic mass is 9.97. The summed E-state index contributed by atoms with van der Waals surface area (Å²) in [6.45, 7) is 11.2. The van der Waals surface area contributed by atoms with Crippen LogP contribution < -0.4 is 15.5 Å². The van der Waals surface area contributed by atoms with Gasteiger partial charge in [0.25, 0.3) is 0 Å². The highest BCUT2D eigenvalue weighted by molar-refractivity contribution is 7.26. The smallest absolute Gasteiger partial charge is 0.104 e. The number of rotatable bonds is 2. The molecule has 1 atom stereocenters. The highest BCUT2D eigenvalue weighted by Crippen LogP contribution is 2.48. The molecular formula is C44H34N4S. The van der Waals surface area contributed by atoms with Crippen molar-refractivity contribution in [3.05, 3.63) is 170 Å². The summed E-state index contributed by atoms with van der Waals surface area (Å²) in [5.41, 5.74) is 9.71. The molecule has 2 aliphatic rings. The second kappa shape index (κ2) is 11.6. The molecule has 5 heteroatoms. The first-order valence-electron chi connectivity index (χ1n) is 16.6. The molecule has 49 heavy (non-hydrogen) atoms. The van der Waals surface area contributed by atoms with Crippen LogP contribution in [0.25, 0.3) is 59.1 Å². The summed E-state index contributed by atoms with van der Waals surface area (Å²) in [5, 5.41) is 12.2. The van der Waals surface area contributed by atoms with E-state index in [0.717, 1.165) is 56.3 Å². The Balaban J connectivity index is 1.39. The lowest BCUT2D eigenvalue weighted by molar-refractivity contribution is 0.760. The van der Waals surface area contributed by atoms with Crippen molar-refractivity contribution in [2.45, 2.75) is 13.0 Å². The number of fused-ring (bicyclic) bond motifs is 8. The molecule has 0 amide bonds. The van der Waals surface area contributed by atoms with Crippen LogP contribution in [0.4, 0.5) is 17.1 Å². The van der Waals surface area contributed by atoms with Crippen molar-refractivity contribution in [2.24, 2.45) is 0 Å². The lowest BCUT2D eigenvalue weighted by Gasteiger charge is -2.31. The summed E-state index contributed by atoms with van der Waals surface area (Å²) >= 11 is 1.84. The van der Waals surface area contributed by atoms with Gasteiger partial charge in [-0.1, -0.05) is 98.1 Å². The largest absolute Gasteiger partial charge is 0.366 e. The van der Waals surface area contributed by atoms with Gasteiger partial charge in [0.2, 0.25) is 0 Å². The summed E-state index contributed by atoms with van der Waals surface area (Å²) in [4.78, 5) is 2.36. The van der Waals surface area contributed by atoms with Gasteiger partial charge in [-0.05, 0) is 72.7 Å². The molecular weight excluding hydrogens is 617 g/mol. The molecule has 4 nitrogen and oxygen atoms in total. The average molecular weight is 651 g/mol. The molecule has 4 heterocycles. The molecule has 0 aliphatic carbocycles. The third-order valence-corrected chi connectivity index (χ3v) is 10.6. The van der Waals surface area contributed by atoms with E-state index in [2.05, 4.69) is 180 Å². The molecule has 0 bridgehead atoms. The highest BCUT2D eigenvalue weighted by atomic mass is 32.1. The third kappa shape index (κ3) is 4.73. The van der Waals surface area contributed by atoms with Gasteiger partial charge < -0.3 is 15.5 Å². The van der Waals surface area contributed by atoms with Crippen molar-refractivity contribution in [2.75, 3.05) is 10.2 Å². The maximum absolute atomic E-state index is 4.60. The first kappa shape index (κ1) is 29.1. The number of aromatic nitrogens is 1. The van der Waals surface area contributed by atoms with E-state index in [4.69, 9.17) is 0 Å². The Morgan fingerprint density at radius 1 is 0.755 bits per heavy atom. The Hall–Kier alpha value is -6.04. The van der Waals surface area contributed by atoms with Gasteiger partial charge in [0, 0.05) is 54.4 Å². The summed E-state index contributed by atoms with van der Waals surface area (Å²) in [7, 11) is 0. The Labute approximate surface area is 289 Å². The maximum atomic E-state index is 4.60. The van der Waals surface area contributed by atoms with Gasteiger partial charge in [0.1, 0.15) is 5.82 Å². The Morgan fingerprint density at radius 2 is 1.57 bits per heavy atom. The average Bonchev–Trinajstić information content (AvgIpc) is 3.65. The van der Waals surface area contributed by atoms with Gasteiger partial charge in [-0.15, -0.1) is 11.3 Å². The highest BCUT2D eigenvalue weighted by Gasteiger charge is 2.25. The number of hydrogen-bond acceptors (Lipinski definition) is 4. The molecule has 9 rings (SSSR count). The van der Waals surface area contributed by atoms with Crippen LogP contribution >= 0.6 is 11.3 Å². The maximum Gasteiger partial charge on any atom is 0.104 e. The molecule has 5 aromatic carbocycles. The van der Waals surface area contributed by atoms with Gasteiger partial charge in [-0.3, -0.25) is 4.57 Å². The second-order valence-corrected chi connectivity index (χ2v) is 13.7. The van der Waals surface area contributed by atoms with Crippen LogP contribution in [0.3, 0.4) is 0 Å². The zero-order valence-corrected chi connectivity index (χ0v) is 28.0. The Bertz CT molecular complexity index is 2610. The first-order chi connectivity index (χ1) is 24.1. The number of thiophene rings is 1. The number of benzene rings is 5. The molecule has 236 valence electrons. The normalized spacial score (nSPS) is 19.3. The summed E-state index contributed by atoms with van der Waals surface area (Å²) in [5.74, 6) is 0.834. The van der Waals surface area contributed by atoms with Crippen molar-refractivity contribution >= 4 is 87.5 Å². The molecule has 0 radical (unpaired) electrons. The van der Waals surface area contributed by atoms with Gasteiger partial charge in [-0.25, -0.2) is 0 Å². The van der Waals surface area contributed by atoms with Gasteiger partial charge in [-0.2, -0.15) is 0 Å². The predicted octanol–water partition coefficient (Wildman–Crippen LogP) is 11.8. The molecule has 2 N–H and O–H groups in total. The van der Waals surface area contributed by atoms with Gasteiger partial charge in [0.15, 0.2) is 0 Å². The van der Waals surface area contributed by atoms with Crippen LogP contribution in [0.1, 0.15) is 18.1 Å². The van der Waals surface area contributed by atoms with Crippen LogP contribution in [0.15, 0.2) is 159 Å². The number of hydrogen-bond donors (Lipinski definition) is 2. The van der Waals surface area contributed by atoms with Crippen molar-refractivity contribution in [1.29, 1.82) is 0 Å². The van der Waals surface area contributed by atoms with Crippen LogP contribution in [-0.4, -0.2) is 10.6 Å². The molecule has 7 aromatic rings. The fourth-order valence-corrected chi connectivity index (χ4v) is 8.50. The molecule has 1 unspecified atom stereocenters. The minimum absolute atomic E-state index is 0.0947. The lowest BCUT2D eigenvalue weighted by Crippen LogP contribution is -2.24. The Kier molecular flexibility index (Phi) is 6.88. The van der Waals surface area contributed by atoms with E-state index in [1.165, 1.54) is 30.9 Å². The van der Waals surface area contributed by atoms with Crippen LogP contribution in [0.2, 0.25) is 0 Å². The number of allylic oxidation sites excluding steroid dienone is 6. The van der Waals surface area contributed by atoms with E-state index in [-0.39, 0.29) is 6.04 Å². The molecule has 2 aromatic heterocycles. The number of para-hydroxylation sites is 2. The molecule has 0 fully saturated rings. The van der Waals surface area contributed by atoms with E-state index in [0.29, 0.717) is 0 Å². The van der Waals surface area contributed by atoms with E-state index in [1.54, 1.807) is 0 Å². The fraction of sp³-hybridized carbons (Fsp3) is 0.0455. The monoisotopic (exact) mass is 650 g/mol. The molecule has 0 saturated carbocycles. The standard InChI is InChI=1S/C44H34N4S/c1-28-14-13-21-37(48(32-16-5-4-6-17-32)38-20-9-7-18-33(28)38)31-23-24-39-35(26-31)43-42-34-19-8-10-22-40(34)49-41(42)27-36-44(43)47(39)30(3)46-29(2)15-11-12-25-45-36/h4-27,29,45-46H,1,3H2,2H3/b14-13-,15-11-,25-12-,37-21-. The topological polar surface area (TPSA) is 32.2 Å². The zero-order valence-electron chi connectivity index (χ0n) is 27.2. The number of nitrogens with zero attached hydrogens (tertiary/aromatic N) is 2. The summed E-state index contributed by atoms with van der Waals surface area (Å²) in [6, 6.07) is 37.2. The van der Waals surface area contributed by atoms with Crippen molar-refractivity contribution in [1.82, 2.24) is 9.88 Å². The third-order valence-electron chi connectivity index (χ3n) is 9.47. The SMILES string of the molecule is C=C1/C=C\C=C(\c2ccc3c(c2)c2c4c(cc5c2n3C(=C)NC(C)/C=C\C=C/N5)sc2ccccc24)N(c2ccccc2)c2ccccc21. The quantitative estimate of drug-likeness (QED) is 0.195. The minimum Gasteiger partial charge on any atom is -0.366 e. The zero-order chi connectivity index (χ0) is 33.1. The molecule has 0 spiro atoms. The first-order valence-corrected chi connectivity index (χ1v) is 17.4. The van der Waals surface area contributed by atoms with Crippen molar-refractivity contribution in [3.63, 3.8) is 0 Å².